The van der Waals surface area contributed by atoms with E-state index in [2.05, 4.69) is 4.52 Å². The van der Waals surface area contributed by atoms with Gasteiger partial charge in [0.15, 0.2) is 12.1 Å². The molecular weight excluding hydrogens is 407 g/mol. The zero-order valence-corrected chi connectivity index (χ0v) is 15.1. The van der Waals surface area contributed by atoms with Crippen LogP contribution in [0.2, 0.25) is 0 Å². The van der Waals surface area contributed by atoms with Gasteiger partial charge in [-0.2, -0.15) is 0 Å². The Morgan fingerprint density at radius 3 is 2.46 bits per heavy atom. The number of hydrogen-bond donors (Lipinski definition) is 8. The summed E-state index contributed by atoms with van der Waals surface area (Å²) in [5.41, 5.74) is -1.64. The van der Waals surface area contributed by atoms with E-state index in [4.69, 9.17) is 9.84 Å². The lowest BCUT2D eigenvalue weighted by Gasteiger charge is -2.26. The molecule has 1 aliphatic rings. The summed E-state index contributed by atoms with van der Waals surface area (Å²) in [5, 5.41) is 57.1. The molecule has 0 bridgehead atoms. The molecule has 15 heteroatoms. The summed E-state index contributed by atoms with van der Waals surface area (Å²) in [4.78, 5) is 34.5. The van der Waals surface area contributed by atoms with Crippen LogP contribution in [-0.4, -0.2) is 94.7 Å². The Kier molecular flexibility index (Phi) is 7.27. The third-order valence-corrected chi connectivity index (χ3v) is 5.60. The van der Waals surface area contributed by atoms with Crippen LogP contribution < -0.4 is 11.2 Å². The van der Waals surface area contributed by atoms with E-state index in [1.54, 1.807) is 0 Å². The molecule has 0 spiro atoms. The first kappa shape index (κ1) is 22.8. The van der Waals surface area contributed by atoms with Crippen LogP contribution in [0.25, 0.3) is 0 Å². The summed E-state index contributed by atoms with van der Waals surface area (Å²) >= 11 is 0. The lowest BCUT2D eigenvalue weighted by molar-refractivity contribution is -0.0670. The van der Waals surface area contributed by atoms with Crippen LogP contribution in [0.5, 0.6) is 0 Å². The first-order valence-corrected chi connectivity index (χ1v) is 9.59. The van der Waals surface area contributed by atoms with Crippen LogP contribution in [0, 0.1) is 0 Å². The molecule has 1 aromatic rings. The predicted molar refractivity (Wildman–Crippen MR) is 88.1 cm³/mol. The van der Waals surface area contributed by atoms with E-state index in [1.165, 1.54) is 0 Å². The Balaban J connectivity index is 2.07. The quantitative estimate of drug-likeness (QED) is 0.183. The van der Waals surface area contributed by atoms with Crippen LogP contribution in [0.3, 0.4) is 0 Å². The second-order valence-electron chi connectivity index (χ2n) is 6.08. The summed E-state index contributed by atoms with van der Waals surface area (Å²) in [6, 6.07) is 0.972. The number of hydrogen-bond acceptors (Lipinski definition) is 11. The maximum absolute atomic E-state index is 12.0. The Bertz CT molecular complexity index is 826. The number of H-pyrrole nitrogens is 1. The van der Waals surface area contributed by atoms with Gasteiger partial charge in [-0.25, -0.2) is 4.79 Å². The largest absolute Gasteiger partial charge is 0.394 e. The number of ether oxygens (including phenoxy) is 1. The maximum atomic E-state index is 12.0. The molecule has 1 aromatic heterocycles. The standard InChI is InChI=1S/C13H21N2O12P/c16-3-5(17)8(19)12(22)28(24,25)26-4-6-9(20)10(21)11(27-6)15-2-1-7(18)14-13(15)23/h1-2,5-6,8-12,16-17,19-22H,3-4H2,(H,24,25)(H,14,18,23)/t5-,6+,8+,9+,10+,11+,12-/m0/s1. The average Bonchev–Trinajstić information content (AvgIpc) is 2.93. The van der Waals surface area contributed by atoms with Gasteiger partial charge in [-0.3, -0.25) is 18.9 Å². The summed E-state index contributed by atoms with van der Waals surface area (Å²) < 4.78 is 22.6. The van der Waals surface area contributed by atoms with Gasteiger partial charge in [-0.1, -0.05) is 0 Å². The third-order valence-electron chi connectivity index (χ3n) is 4.11. The SMILES string of the molecule is O=c1ccn([C@@H]2O[C@H](COP(=O)(O)[C@H](O)[C@H](O)[C@@H](O)CO)[C@@H](O)[C@H]2O)c(=O)[nH]1. The van der Waals surface area contributed by atoms with Gasteiger partial charge in [0.2, 0.25) is 0 Å². The average molecular weight is 428 g/mol. The molecule has 28 heavy (non-hydrogen) atoms. The molecule has 0 aromatic carbocycles. The van der Waals surface area contributed by atoms with Crippen molar-refractivity contribution >= 4 is 7.60 Å². The predicted octanol–water partition coefficient (Wildman–Crippen LogP) is -4.61. The number of aromatic nitrogens is 2. The first-order valence-electron chi connectivity index (χ1n) is 7.94. The van der Waals surface area contributed by atoms with Gasteiger partial charge in [-0.15, -0.1) is 0 Å². The zero-order chi connectivity index (χ0) is 21.2. The monoisotopic (exact) mass is 428 g/mol. The highest BCUT2D eigenvalue weighted by molar-refractivity contribution is 7.53. The number of nitrogens with one attached hydrogen (secondary N) is 1. The lowest BCUT2D eigenvalue weighted by Crippen LogP contribution is -2.40. The normalized spacial score (nSPS) is 30.5. The molecule has 1 saturated heterocycles. The van der Waals surface area contributed by atoms with E-state index >= 15 is 0 Å². The number of aliphatic hydroxyl groups excluding tert-OH is 6. The molecule has 2 rings (SSSR count). The number of rotatable bonds is 8. The minimum absolute atomic E-state index is 0.701. The topological polar surface area (TPSA) is 232 Å². The molecule has 8 atom stereocenters. The van der Waals surface area contributed by atoms with Crippen molar-refractivity contribution in [3.8, 4) is 0 Å². The molecule has 1 unspecified atom stereocenters. The fourth-order valence-electron chi connectivity index (χ4n) is 2.48. The summed E-state index contributed by atoms with van der Waals surface area (Å²) in [5.74, 6) is -2.48. The molecule has 0 amide bonds. The second-order valence-corrected chi connectivity index (χ2v) is 7.99. The van der Waals surface area contributed by atoms with Crippen molar-refractivity contribution in [3.63, 3.8) is 0 Å². The molecule has 2 heterocycles. The van der Waals surface area contributed by atoms with E-state index in [1.807, 2.05) is 4.98 Å². The van der Waals surface area contributed by atoms with Gasteiger partial charge in [0.25, 0.3) is 5.56 Å². The van der Waals surface area contributed by atoms with Crippen molar-refractivity contribution < 1.29 is 49.4 Å². The van der Waals surface area contributed by atoms with Crippen LogP contribution >= 0.6 is 7.60 Å². The van der Waals surface area contributed by atoms with Gasteiger partial charge in [0, 0.05) is 12.3 Å². The number of aliphatic hydroxyl groups is 6. The molecule has 1 aliphatic heterocycles. The van der Waals surface area contributed by atoms with Crippen LogP contribution in [0.1, 0.15) is 6.23 Å². The highest BCUT2D eigenvalue weighted by atomic mass is 31.2. The van der Waals surface area contributed by atoms with Crippen molar-refractivity contribution in [3.05, 3.63) is 33.1 Å². The zero-order valence-electron chi connectivity index (χ0n) is 14.2. The van der Waals surface area contributed by atoms with E-state index in [-0.39, 0.29) is 0 Å². The molecule has 8 N–H and O–H groups in total. The molecule has 14 nitrogen and oxygen atoms in total. The lowest BCUT2D eigenvalue weighted by atomic mass is 10.1. The fourth-order valence-corrected chi connectivity index (χ4v) is 3.58. The van der Waals surface area contributed by atoms with E-state index in [0.29, 0.717) is 0 Å². The van der Waals surface area contributed by atoms with Crippen molar-refractivity contribution in [1.29, 1.82) is 0 Å². The summed E-state index contributed by atoms with van der Waals surface area (Å²) in [7, 11) is -4.97. The fraction of sp³-hybridized carbons (Fsp3) is 0.692. The minimum Gasteiger partial charge on any atom is -0.394 e. The van der Waals surface area contributed by atoms with Crippen molar-refractivity contribution in [2.24, 2.45) is 0 Å². The smallest absolute Gasteiger partial charge is 0.359 e. The van der Waals surface area contributed by atoms with Gasteiger partial charge >= 0.3 is 13.3 Å². The first-order chi connectivity index (χ1) is 13.0. The van der Waals surface area contributed by atoms with Crippen LogP contribution in [0.15, 0.2) is 21.9 Å². The van der Waals surface area contributed by atoms with E-state index in [0.717, 1.165) is 16.8 Å². The Labute approximate surface area is 156 Å². The highest BCUT2D eigenvalue weighted by Gasteiger charge is 2.46. The van der Waals surface area contributed by atoms with Gasteiger partial charge in [0.1, 0.15) is 30.5 Å². The highest BCUT2D eigenvalue weighted by Crippen LogP contribution is 2.48. The van der Waals surface area contributed by atoms with Gasteiger partial charge in [-0.05, 0) is 0 Å². The van der Waals surface area contributed by atoms with Gasteiger partial charge < -0.3 is 44.8 Å². The van der Waals surface area contributed by atoms with Crippen molar-refractivity contribution in [2.75, 3.05) is 13.2 Å². The van der Waals surface area contributed by atoms with E-state index < -0.39 is 74.7 Å². The molecule has 160 valence electrons. The van der Waals surface area contributed by atoms with Gasteiger partial charge in [0.05, 0.1) is 13.2 Å². The Hall–Kier alpha value is -1.45. The second kappa shape index (κ2) is 8.92. The number of aromatic amines is 1. The van der Waals surface area contributed by atoms with Crippen molar-refractivity contribution in [1.82, 2.24) is 9.55 Å². The molecular formula is C13H21N2O12P. The third kappa shape index (κ3) is 4.75. The Morgan fingerprint density at radius 2 is 1.89 bits per heavy atom. The molecule has 0 radical (unpaired) electrons. The van der Waals surface area contributed by atoms with Crippen LogP contribution in [0.4, 0.5) is 0 Å². The maximum Gasteiger partial charge on any atom is 0.359 e. The Morgan fingerprint density at radius 1 is 1.25 bits per heavy atom. The molecule has 0 saturated carbocycles. The van der Waals surface area contributed by atoms with Crippen molar-refractivity contribution in [2.45, 2.75) is 42.6 Å². The van der Waals surface area contributed by atoms with E-state index in [9.17, 15) is 44.6 Å². The number of nitrogens with zero attached hydrogens (tertiary/aromatic N) is 1. The minimum atomic E-state index is -4.97. The summed E-state index contributed by atoms with van der Waals surface area (Å²) in [6.07, 6.45) is -9.31. The molecule has 1 fully saturated rings. The van der Waals surface area contributed by atoms with Crippen LogP contribution in [-0.2, 0) is 13.8 Å². The summed E-state index contributed by atoms with van der Waals surface area (Å²) in [6.45, 7) is -1.84. The molecule has 0 aliphatic carbocycles.